The molecule has 0 aliphatic rings. The molecule has 0 amide bonds. The van der Waals surface area contributed by atoms with Crippen LogP contribution in [0.2, 0.25) is 0 Å². The highest BCUT2D eigenvalue weighted by Gasteiger charge is 2.28. The molecule has 26 heavy (non-hydrogen) atoms. The molecule has 0 aliphatic heterocycles. The number of rotatable bonds is 4. The van der Waals surface area contributed by atoms with Gasteiger partial charge >= 0.3 is 5.97 Å². The van der Waals surface area contributed by atoms with E-state index in [-0.39, 0.29) is 17.0 Å². The van der Waals surface area contributed by atoms with Crippen molar-refractivity contribution < 1.29 is 18.7 Å². The maximum atomic E-state index is 14.0. The van der Waals surface area contributed by atoms with Crippen LogP contribution in [0.1, 0.15) is 35.7 Å². The first kappa shape index (κ1) is 17.5. The molecular weight excluding hydrogens is 342 g/mol. The lowest BCUT2D eigenvalue weighted by Gasteiger charge is -2.23. The van der Waals surface area contributed by atoms with Crippen molar-refractivity contribution >= 4 is 5.97 Å². The zero-order valence-corrected chi connectivity index (χ0v) is 13.9. The fourth-order valence-electron chi connectivity index (χ4n) is 2.40. The lowest BCUT2D eigenvalue weighted by Crippen LogP contribution is -2.24. The van der Waals surface area contributed by atoms with Gasteiger partial charge in [0.15, 0.2) is 5.69 Å². The standard InChI is InChI=1S/C18H14F2N4O2/c1-18(2,16-9-22-7-14(24-16)17(25)26)15-8-21-6-13(23-15)11-4-3-10(19)5-12(11)20/h3-9H,1-2H3,(H,25,26). The molecule has 1 aromatic carbocycles. The average Bonchev–Trinajstić information content (AvgIpc) is 2.62. The Kier molecular flexibility index (Phi) is 4.41. The van der Waals surface area contributed by atoms with Crippen LogP contribution >= 0.6 is 0 Å². The fourth-order valence-corrected chi connectivity index (χ4v) is 2.40. The number of halogens is 2. The molecule has 0 aliphatic carbocycles. The third kappa shape index (κ3) is 3.26. The predicted molar refractivity (Wildman–Crippen MR) is 88.5 cm³/mol. The average molecular weight is 356 g/mol. The van der Waals surface area contributed by atoms with Crippen LogP contribution in [0.3, 0.4) is 0 Å². The smallest absolute Gasteiger partial charge is 0.356 e. The van der Waals surface area contributed by atoms with Gasteiger partial charge in [-0.15, -0.1) is 0 Å². The van der Waals surface area contributed by atoms with Gasteiger partial charge in [-0.3, -0.25) is 9.97 Å². The number of carboxylic acids is 1. The van der Waals surface area contributed by atoms with Crippen molar-refractivity contribution in [2.24, 2.45) is 0 Å². The van der Waals surface area contributed by atoms with Gasteiger partial charge in [0.1, 0.15) is 11.6 Å². The van der Waals surface area contributed by atoms with Crippen molar-refractivity contribution in [3.05, 3.63) is 71.7 Å². The Labute approximate surface area is 147 Å². The van der Waals surface area contributed by atoms with Crippen molar-refractivity contribution in [2.45, 2.75) is 19.3 Å². The summed E-state index contributed by atoms with van der Waals surface area (Å²) in [6.07, 6.45) is 5.45. The van der Waals surface area contributed by atoms with Crippen LogP contribution in [0.5, 0.6) is 0 Å². The van der Waals surface area contributed by atoms with Crippen molar-refractivity contribution in [1.82, 2.24) is 19.9 Å². The number of aromatic carboxylic acids is 1. The first-order valence-electron chi connectivity index (χ1n) is 7.63. The van der Waals surface area contributed by atoms with E-state index in [2.05, 4.69) is 19.9 Å². The van der Waals surface area contributed by atoms with Gasteiger partial charge in [0, 0.05) is 24.0 Å². The predicted octanol–water partition coefficient (Wildman–Crippen LogP) is 3.24. The minimum atomic E-state index is -1.19. The van der Waals surface area contributed by atoms with Gasteiger partial charge in [-0.1, -0.05) is 0 Å². The van der Waals surface area contributed by atoms with Crippen molar-refractivity contribution in [3.8, 4) is 11.3 Å². The number of nitrogens with zero attached hydrogens (tertiary/aromatic N) is 4. The summed E-state index contributed by atoms with van der Waals surface area (Å²) in [7, 11) is 0. The zero-order chi connectivity index (χ0) is 18.9. The van der Waals surface area contributed by atoms with E-state index in [0.29, 0.717) is 11.4 Å². The monoisotopic (exact) mass is 356 g/mol. The minimum absolute atomic E-state index is 0.113. The highest BCUT2D eigenvalue weighted by atomic mass is 19.1. The Hall–Kier alpha value is -3.29. The second-order valence-electron chi connectivity index (χ2n) is 6.13. The highest BCUT2D eigenvalue weighted by Crippen LogP contribution is 2.30. The molecule has 2 heterocycles. The Morgan fingerprint density at radius 2 is 1.65 bits per heavy atom. The third-order valence-corrected chi connectivity index (χ3v) is 3.98. The molecule has 6 nitrogen and oxygen atoms in total. The molecule has 1 N–H and O–H groups in total. The maximum Gasteiger partial charge on any atom is 0.356 e. The molecule has 3 rings (SSSR count). The minimum Gasteiger partial charge on any atom is -0.476 e. The van der Waals surface area contributed by atoms with E-state index in [1.165, 1.54) is 24.7 Å². The Balaban J connectivity index is 2.06. The lowest BCUT2D eigenvalue weighted by molar-refractivity contribution is 0.0689. The van der Waals surface area contributed by atoms with Crippen molar-refractivity contribution in [3.63, 3.8) is 0 Å². The quantitative estimate of drug-likeness (QED) is 0.772. The first-order chi connectivity index (χ1) is 12.3. The molecule has 0 atom stereocenters. The van der Waals surface area contributed by atoms with E-state index in [1.807, 2.05) is 0 Å². The van der Waals surface area contributed by atoms with E-state index >= 15 is 0 Å². The summed E-state index contributed by atoms with van der Waals surface area (Å²) in [5.74, 6) is -2.62. The molecule has 0 bridgehead atoms. The van der Waals surface area contributed by atoms with Gasteiger partial charge in [-0.05, 0) is 26.0 Å². The largest absolute Gasteiger partial charge is 0.476 e. The Morgan fingerprint density at radius 1 is 1.00 bits per heavy atom. The van der Waals surface area contributed by atoms with E-state index in [4.69, 9.17) is 5.11 Å². The van der Waals surface area contributed by atoms with Gasteiger partial charge in [0.25, 0.3) is 0 Å². The van der Waals surface area contributed by atoms with Crippen molar-refractivity contribution in [1.29, 1.82) is 0 Å². The number of aromatic nitrogens is 4. The van der Waals surface area contributed by atoms with Crippen LogP contribution in [0.25, 0.3) is 11.3 Å². The summed E-state index contributed by atoms with van der Waals surface area (Å²) in [5, 5.41) is 9.09. The topological polar surface area (TPSA) is 88.9 Å². The zero-order valence-electron chi connectivity index (χ0n) is 13.9. The number of carboxylic acid groups (broad SMARTS) is 1. The number of hydrogen-bond donors (Lipinski definition) is 1. The Morgan fingerprint density at radius 3 is 2.31 bits per heavy atom. The van der Waals surface area contributed by atoms with E-state index in [1.54, 1.807) is 13.8 Å². The van der Waals surface area contributed by atoms with Crippen molar-refractivity contribution in [2.75, 3.05) is 0 Å². The molecule has 132 valence electrons. The van der Waals surface area contributed by atoms with Crippen LogP contribution < -0.4 is 0 Å². The van der Waals surface area contributed by atoms with Crippen LogP contribution in [0.15, 0.2) is 43.0 Å². The summed E-state index contributed by atoms with van der Waals surface area (Å²) in [4.78, 5) is 27.6. The van der Waals surface area contributed by atoms with Gasteiger partial charge < -0.3 is 5.11 Å². The summed E-state index contributed by atoms with van der Waals surface area (Å²) in [6.45, 7) is 3.55. The number of carbonyl (C=O) groups is 1. The molecule has 3 aromatic rings. The normalized spacial score (nSPS) is 11.4. The van der Waals surface area contributed by atoms with E-state index in [0.717, 1.165) is 18.3 Å². The molecule has 0 fully saturated rings. The second kappa shape index (κ2) is 6.55. The van der Waals surface area contributed by atoms with Crippen LogP contribution in [0, 0.1) is 11.6 Å². The summed E-state index contributed by atoms with van der Waals surface area (Å²) < 4.78 is 27.2. The van der Waals surface area contributed by atoms with Crippen LogP contribution in [0.4, 0.5) is 8.78 Å². The number of hydrogen-bond acceptors (Lipinski definition) is 5. The molecule has 0 saturated carbocycles. The third-order valence-electron chi connectivity index (χ3n) is 3.98. The van der Waals surface area contributed by atoms with Crippen LogP contribution in [-0.4, -0.2) is 31.0 Å². The molecule has 0 saturated heterocycles. The maximum absolute atomic E-state index is 14.0. The number of benzene rings is 1. The van der Waals surface area contributed by atoms with Gasteiger partial charge in [0.2, 0.25) is 0 Å². The summed E-state index contributed by atoms with van der Waals surface area (Å²) in [6, 6.07) is 3.20. The molecule has 0 unspecified atom stereocenters. The van der Waals surface area contributed by atoms with Gasteiger partial charge in [-0.25, -0.2) is 23.5 Å². The summed E-state index contributed by atoms with van der Waals surface area (Å²) in [5.41, 5.74) is 0.137. The molecule has 8 heteroatoms. The lowest BCUT2D eigenvalue weighted by atomic mass is 9.86. The molecule has 0 radical (unpaired) electrons. The van der Waals surface area contributed by atoms with Gasteiger partial charge in [0.05, 0.1) is 34.9 Å². The molecule has 2 aromatic heterocycles. The molecular formula is C18H14F2N4O2. The fraction of sp³-hybridized carbons (Fsp3) is 0.167. The summed E-state index contributed by atoms with van der Waals surface area (Å²) >= 11 is 0. The molecule has 0 spiro atoms. The Bertz CT molecular complexity index is 992. The van der Waals surface area contributed by atoms with Crippen LogP contribution in [-0.2, 0) is 5.41 Å². The van der Waals surface area contributed by atoms with Gasteiger partial charge in [-0.2, -0.15) is 0 Å². The second-order valence-corrected chi connectivity index (χ2v) is 6.13. The SMILES string of the molecule is CC(C)(c1cncc(C(=O)O)n1)c1cncc(-c2ccc(F)cc2F)n1. The first-order valence-corrected chi connectivity index (χ1v) is 7.63. The van der Waals surface area contributed by atoms with E-state index in [9.17, 15) is 13.6 Å². The highest BCUT2D eigenvalue weighted by molar-refractivity contribution is 5.84. The van der Waals surface area contributed by atoms with E-state index < -0.39 is 23.0 Å².